The third-order valence-electron chi connectivity index (χ3n) is 1.68. The molecular formula is C8H4ClF2N3O2. The van der Waals surface area contributed by atoms with E-state index in [0.29, 0.717) is 0 Å². The van der Waals surface area contributed by atoms with Crippen molar-refractivity contribution in [1.82, 2.24) is 4.98 Å². The van der Waals surface area contributed by atoms with Crippen molar-refractivity contribution in [1.29, 1.82) is 5.26 Å². The lowest BCUT2D eigenvalue weighted by Gasteiger charge is -2.04. The molecule has 0 aliphatic rings. The largest absolute Gasteiger partial charge is 0.291 e. The molecule has 1 aromatic heterocycles. The highest BCUT2D eigenvalue weighted by Gasteiger charge is 2.24. The highest BCUT2D eigenvalue weighted by Crippen LogP contribution is 2.33. The van der Waals surface area contributed by atoms with Gasteiger partial charge in [-0.1, -0.05) is 11.6 Å². The van der Waals surface area contributed by atoms with Gasteiger partial charge in [0, 0.05) is 6.07 Å². The second-order valence-corrected chi connectivity index (χ2v) is 3.10. The van der Waals surface area contributed by atoms with Crippen molar-refractivity contribution in [3.63, 3.8) is 0 Å². The van der Waals surface area contributed by atoms with Gasteiger partial charge >= 0.3 is 0 Å². The summed E-state index contributed by atoms with van der Waals surface area (Å²) in [4.78, 5) is 13.0. The number of nitrogens with zero attached hydrogens (tertiary/aromatic N) is 3. The predicted molar refractivity (Wildman–Crippen MR) is 50.2 cm³/mol. The van der Waals surface area contributed by atoms with Crippen LogP contribution in [0.3, 0.4) is 0 Å². The first-order valence-electron chi connectivity index (χ1n) is 3.96. The number of nitriles is 1. The van der Waals surface area contributed by atoms with E-state index in [9.17, 15) is 18.9 Å². The van der Waals surface area contributed by atoms with Crippen LogP contribution in [0.5, 0.6) is 0 Å². The number of rotatable bonds is 3. The Morgan fingerprint density at radius 2 is 2.31 bits per heavy atom. The van der Waals surface area contributed by atoms with Crippen molar-refractivity contribution in [2.24, 2.45) is 0 Å². The maximum Gasteiger partial charge on any atom is 0.291 e. The van der Waals surface area contributed by atoms with Gasteiger partial charge in [0.25, 0.3) is 12.1 Å². The molecule has 0 unspecified atom stereocenters. The molecule has 0 aliphatic heterocycles. The van der Waals surface area contributed by atoms with E-state index in [1.165, 1.54) is 0 Å². The normalized spacial score (nSPS) is 10.2. The van der Waals surface area contributed by atoms with E-state index < -0.39 is 27.8 Å². The van der Waals surface area contributed by atoms with Gasteiger partial charge in [0.1, 0.15) is 10.7 Å². The molecule has 0 amide bonds. The SMILES string of the molecule is N#CCc1cc([N+](=O)[O-])c(Cl)c(C(F)F)n1. The fourth-order valence-corrected chi connectivity index (χ4v) is 1.29. The van der Waals surface area contributed by atoms with Crippen molar-refractivity contribution in [2.45, 2.75) is 12.8 Å². The van der Waals surface area contributed by atoms with Crippen molar-refractivity contribution in [3.05, 3.63) is 32.6 Å². The minimum Gasteiger partial charge on any atom is -0.258 e. The zero-order valence-electron chi connectivity index (χ0n) is 7.65. The molecular weight excluding hydrogens is 244 g/mol. The van der Waals surface area contributed by atoms with Crippen LogP contribution in [0, 0.1) is 21.4 Å². The third-order valence-corrected chi connectivity index (χ3v) is 2.07. The summed E-state index contributed by atoms with van der Waals surface area (Å²) in [5, 5.41) is 18.2. The minimum absolute atomic E-state index is 0.103. The number of halogens is 3. The van der Waals surface area contributed by atoms with Gasteiger partial charge in [0.05, 0.1) is 23.1 Å². The average molecular weight is 248 g/mol. The molecule has 0 radical (unpaired) electrons. The van der Waals surface area contributed by atoms with Gasteiger partial charge < -0.3 is 0 Å². The quantitative estimate of drug-likeness (QED) is 0.607. The number of hydrogen-bond donors (Lipinski definition) is 0. The minimum atomic E-state index is -3.02. The van der Waals surface area contributed by atoms with E-state index in [2.05, 4.69) is 4.98 Å². The summed E-state index contributed by atoms with van der Waals surface area (Å²) >= 11 is 5.40. The van der Waals surface area contributed by atoms with E-state index in [1.54, 1.807) is 6.07 Å². The third kappa shape index (κ3) is 2.41. The Hall–Kier alpha value is -1.81. The second kappa shape index (κ2) is 4.81. The van der Waals surface area contributed by atoms with Crippen molar-refractivity contribution in [3.8, 4) is 6.07 Å². The Morgan fingerprint density at radius 1 is 1.69 bits per heavy atom. The van der Waals surface area contributed by atoms with Gasteiger partial charge in [-0.2, -0.15) is 5.26 Å². The Morgan fingerprint density at radius 3 is 2.75 bits per heavy atom. The Labute approximate surface area is 93.4 Å². The molecule has 8 heteroatoms. The molecule has 1 rings (SSSR count). The lowest BCUT2D eigenvalue weighted by Crippen LogP contribution is -2.01. The van der Waals surface area contributed by atoms with Crippen LogP contribution in [0.1, 0.15) is 17.8 Å². The highest BCUT2D eigenvalue weighted by molar-refractivity contribution is 6.33. The molecule has 16 heavy (non-hydrogen) atoms. The van der Waals surface area contributed by atoms with Gasteiger partial charge in [-0.3, -0.25) is 10.1 Å². The fourth-order valence-electron chi connectivity index (χ4n) is 1.04. The smallest absolute Gasteiger partial charge is 0.258 e. The highest BCUT2D eigenvalue weighted by atomic mass is 35.5. The van der Waals surface area contributed by atoms with Crippen LogP contribution < -0.4 is 0 Å². The number of aromatic nitrogens is 1. The summed E-state index contributed by atoms with van der Waals surface area (Å²) in [7, 11) is 0. The second-order valence-electron chi connectivity index (χ2n) is 2.72. The summed E-state index contributed by atoms with van der Waals surface area (Å²) in [6.45, 7) is 0. The van der Waals surface area contributed by atoms with E-state index in [-0.39, 0.29) is 12.1 Å². The topological polar surface area (TPSA) is 79.8 Å². The standard InChI is InChI=1S/C8H4ClF2N3O2/c9-6-5(14(15)16)3-4(1-2-12)13-7(6)8(10)11/h3,8H,1H2. The summed E-state index contributed by atoms with van der Waals surface area (Å²) in [6, 6.07) is 2.58. The van der Waals surface area contributed by atoms with Crippen molar-refractivity contribution < 1.29 is 13.7 Å². The van der Waals surface area contributed by atoms with E-state index >= 15 is 0 Å². The van der Waals surface area contributed by atoms with Crippen LogP contribution in [0.25, 0.3) is 0 Å². The maximum atomic E-state index is 12.4. The Balaban J connectivity index is 3.40. The Kier molecular flexibility index (Phi) is 3.68. The van der Waals surface area contributed by atoms with E-state index in [1.807, 2.05) is 0 Å². The first-order valence-corrected chi connectivity index (χ1v) is 4.34. The molecule has 0 saturated heterocycles. The molecule has 5 nitrogen and oxygen atoms in total. The molecule has 0 atom stereocenters. The van der Waals surface area contributed by atoms with Crippen LogP contribution in [-0.2, 0) is 6.42 Å². The van der Waals surface area contributed by atoms with Crippen LogP contribution in [0.2, 0.25) is 5.02 Å². The number of pyridine rings is 1. The number of nitro groups is 1. The maximum absolute atomic E-state index is 12.4. The Bertz CT molecular complexity index is 473. The molecule has 1 aromatic rings. The summed E-state index contributed by atoms with van der Waals surface area (Å²) in [5.74, 6) is 0. The molecule has 0 fully saturated rings. The van der Waals surface area contributed by atoms with E-state index in [0.717, 1.165) is 6.07 Å². The molecule has 0 N–H and O–H groups in total. The van der Waals surface area contributed by atoms with Crippen LogP contribution in [-0.4, -0.2) is 9.91 Å². The first-order chi connectivity index (χ1) is 7.47. The van der Waals surface area contributed by atoms with Crippen LogP contribution in [0.15, 0.2) is 6.07 Å². The van der Waals surface area contributed by atoms with Crippen LogP contribution >= 0.6 is 11.6 Å². The van der Waals surface area contributed by atoms with Gasteiger partial charge in [0.2, 0.25) is 0 Å². The molecule has 0 aliphatic carbocycles. The van der Waals surface area contributed by atoms with Gasteiger partial charge in [-0.15, -0.1) is 0 Å². The lowest BCUT2D eigenvalue weighted by molar-refractivity contribution is -0.384. The van der Waals surface area contributed by atoms with Gasteiger partial charge in [-0.25, -0.2) is 13.8 Å². The van der Waals surface area contributed by atoms with E-state index in [4.69, 9.17) is 16.9 Å². The molecule has 1 heterocycles. The molecule has 0 bridgehead atoms. The predicted octanol–water partition coefficient (Wildman–Crippen LogP) is 2.65. The molecule has 0 spiro atoms. The van der Waals surface area contributed by atoms with Gasteiger partial charge in [-0.05, 0) is 0 Å². The monoisotopic (exact) mass is 247 g/mol. The van der Waals surface area contributed by atoms with Gasteiger partial charge in [0.15, 0.2) is 0 Å². The summed E-state index contributed by atoms with van der Waals surface area (Å²) in [5.41, 5.74) is -1.65. The average Bonchev–Trinajstić information content (AvgIpc) is 2.19. The molecule has 84 valence electrons. The zero-order valence-corrected chi connectivity index (χ0v) is 8.41. The number of alkyl halides is 2. The van der Waals surface area contributed by atoms with Crippen molar-refractivity contribution >= 4 is 17.3 Å². The van der Waals surface area contributed by atoms with Crippen LogP contribution in [0.4, 0.5) is 14.5 Å². The summed E-state index contributed by atoms with van der Waals surface area (Å²) in [6.07, 6.45) is -3.32. The molecule has 0 aromatic carbocycles. The van der Waals surface area contributed by atoms with Crippen molar-refractivity contribution in [2.75, 3.05) is 0 Å². The number of hydrogen-bond acceptors (Lipinski definition) is 4. The zero-order chi connectivity index (χ0) is 12.3. The summed E-state index contributed by atoms with van der Waals surface area (Å²) < 4.78 is 24.9. The first kappa shape index (κ1) is 12.3. The fraction of sp³-hybridized carbons (Fsp3) is 0.250. The molecule has 0 saturated carbocycles. The lowest BCUT2D eigenvalue weighted by atomic mass is 10.2.